The molecule has 3 heterocycles. The second-order valence-electron chi connectivity index (χ2n) is 13.2. The van der Waals surface area contributed by atoms with Crippen molar-refractivity contribution in [1.29, 1.82) is 0 Å². The first-order valence-corrected chi connectivity index (χ1v) is 17.5. The van der Waals surface area contributed by atoms with Crippen molar-refractivity contribution in [3.8, 4) is 45.5 Å². The number of aromatic nitrogens is 5. The zero-order valence-corrected chi connectivity index (χ0v) is 28.5. The molecule has 7 aromatic carbocycles. The van der Waals surface area contributed by atoms with Crippen LogP contribution in [0.1, 0.15) is 5.56 Å². The van der Waals surface area contributed by atoms with E-state index in [1.807, 2.05) is 59.2 Å². The number of benzene rings is 7. The molecule has 3 aromatic heterocycles. The standard InChI is InChI=1S/C46H28F3N5/c47-46(48,49)33-23-19-30(20-24-33)44-50-43(29-11-3-1-4-12-29)51-45(52-44)54-40-18-10-7-15-35(40)37-25-21-32(28-42(37)54)31-22-26-41-38(27-31)36-16-8-9-17-39(36)53(41)34-13-5-2-6-14-34/h1-28H. The lowest BCUT2D eigenvalue weighted by Crippen LogP contribution is -2.07. The van der Waals surface area contributed by atoms with E-state index in [0.29, 0.717) is 17.3 Å². The Morgan fingerprint density at radius 2 is 0.870 bits per heavy atom. The number of hydrogen-bond acceptors (Lipinski definition) is 3. The molecule has 10 rings (SSSR count). The highest BCUT2D eigenvalue weighted by atomic mass is 19.4. The van der Waals surface area contributed by atoms with E-state index in [-0.39, 0.29) is 5.82 Å². The number of rotatable bonds is 5. The van der Waals surface area contributed by atoms with Gasteiger partial charge in [0.1, 0.15) is 0 Å². The van der Waals surface area contributed by atoms with Gasteiger partial charge in [0.15, 0.2) is 11.6 Å². The van der Waals surface area contributed by atoms with Crippen LogP contribution in [0.5, 0.6) is 0 Å². The quantitative estimate of drug-likeness (QED) is 0.179. The van der Waals surface area contributed by atoms with Crippen molar-refractivity contribution in [1.82, 2.24) is 24.1 Å². The first kappa shape index (κ1) is 31.7. The molecule has 258 valence electrons. The van der Waals surface area contributed by atoms with Crippen LogP contribution >= 0.6 is 0 Å². The van der Waals surface area contributed by atoms with Crippen molar-refractivity contribution in [2.45, 2.75) is 6.18 Å². The zero-order valence-electron chi connectivity index (χ0n) is 28.5. The molecular weight excluding hydrogens is 680 g/mol. The summed E-state index contributed by atoms with van der Waals surface area (Å²) in [5, 5.41) is 4.37. The van der Waals surface area contributed by atoms with E-state index in [1.165, 1.54) is 17.5 Å². The van der Waals surface area contributed by atoms with Crippen LogP contribution in [0, 0.1) is 0 Å². The van der Waals surface area contributed by atoms with Gasteiger partial charge in [-0.05, 0) is 65.7 Å². The maximum atomic E-state index is 13.5. The summed E-state index contributed by atoms with van der Waals surface area (Å²) in [4.78, 5) is 14.7. The summed E-state index contributed by atoms with van der Waals surface area (Å²) in [7, 11) is 0. The minimum absolute atomic E-state index is 0.273. The Labute approximate surface area is 307 Å². The molecule has 0 N–H and O–H groups in total. The molecule has 54 heavy (non-hydrogen) atoms. The van der Waals surface area contributed by atoms with Gasteiger partial charge in [-0.15, -0.1) is 0 Å². The lowest BCUT2D eigenvalue weighted by Gasteiger charge is -2.12. The number of para-hydroxylation sites is 3. The summed E-state index contributed by atoms with van der Waals surface area (Å²) in [5.74, 6) is 1.05. The fourth-order valence-electron chi connectivity index (χ4n) is 7.49. The van der Waals surface area contributed by atoms with Gasteiger partial charge in [0.05, 0.1) is 27.6 Å². The van der Waals surface area contributed by atoms with Crippen molar-refractivity contribution in [3.63, 3.8) is 0 Å². The third-order valence-corrected chi connectivity index (χ3v) is 10.0. The largest absolute Gasteiger partial charge is 0.416 e. The molecule has 0 unspecified atom stereocenters. The van der Waals surface area contributed by atoms with Gasteiger partial charge in [0, 0.05) is 38.4 Å². The van der Waals surface area contributed by atoms with Crippen molar-refractivity contribution in [2.75, 3.05) is 0 Å². The van der Waals surface area contributed by atoms with Gasteiger partial charge >= 0.3 is 6.18 Å². The number of fused-ring (bicyclic) bond motifs is 6. The maximum Gasteiger partial charge on any atom is 0.416 e. The third kappa shape index (κ3) is 5.22. The van der Waals surface area contributed by atoms with Crippen molar-refractivity contribution < 1.29 is 13.2 Å². The normalized spacial score (nSPS) is 12.0. The Balaban J connectivity index is 1.18. The lowest BCUT2D eigenvalue weighted by atomic mass is 10.0. The molecule has 0 fully saturated rings. The van der Waals surface area contributed by atoms with Gasteiger partial charge in [-0.3, -0.25) is 4.57 Å². The van der Waals surface area contributed by atoms with E-state index in [2.05, 4.69) is 95.6 Å². The van der Waals surface area contributed by atoms with Gasteiger partial charge < -0.3 is 4.57 Å². The number of hydrogen-bond donors (Lipinski definition) is 0. The molecule has 0 aliphatic rings. The fraction of sp³-hybridized carbons (Fsp3) is 0.0217. The van der Waals surface area contributed by atoms with Crippen molar-refractivity contribution >= 4 is 43.6 Å². The molecular formula is C46H28F3N5. The molecule has 0 radical (unpaired) electrons. The Morgan fingerprint density at radius 1 is 0.370 bits per heavy atom. The third-order valence-electron chi connectivity index (χ3n) is 10.0. The van der Waals surface area contributed by atoms with Gasteiger partial charge in [-0.2, -0.15) is 23.1 Å². The van der Waals surface area contributed by atoms with Gasteiger partial charge in [-0.1, -0.05) is 115 Å². The van der Waals surface area contributed by atoms with Gasteiger partial charge in [0.2, 0.25) is 5.95 Å². The molecule has 0 aliphatic heterocycles. The molecule has 0 spiro atoms. The summed E-state index contributed by atoms with van der Waals surface area (Å²) < 4.78 is 44.8. The second-order valence-corrected chi connectivity index (χ2v) is 13.2. The molecule has 0 saturated carbocycles. The number of nitrogens with zero attached hydrogens (tertiary/aromatic N) is 5. The predicted octanol–water partition coefficient (Wildman–Crippen LogP) is 12.1. The topological polar surface area (TPSA) is 48.5 Å². The Hall–Kier alpha value is -7.06. The molecule has 0 saturated heterocycles. The molecule has 5 nitrogen and oxygen atoms in total. The van der Waals surface area contributed by atoms with Gasteiger partial charge in [-0.25, -0.2) is 4.98 Å². The molecule has 0 bridgehead atoms. The van der Waals surface area contributed by atoms with Crippen LogP contribution < -0.4 is 0 Å². The summed E-state index contributed by atoms with van der Waals surface area (Å²) >= 11 is 0. The Kier molecular flexibility index (Phi) is 7.20. The first-order valence-electron chi connectivity index (χ1n) is 17.5. The average Bonchev–Trinajstić information content (AvgIpc) is 3.73. The van der Waals surface area contributed by atoms with Crippen molar-refractivity contribution in [2.24, 2.45) is 0 Å². The van der Waals surface area contributed by atoms with E-state index in [1.54, 1.807) is 0 Å². The SMILES string of the molecule is FC(F)(F)c1ccc(-c2nc(-c3ccccc3)nc(-n3c4ccccc4c4ccc(-c5ccc6c(c5)c5ccccc5n6-c5ccccc5)cc43)n2)cc1. The Bertz CT molecular complexity index is 3020. The Morgan fingerprint density at radius 3 is 1.56 bits per heavy atom. The number of halogens is 3. The van der Waals surface area contributed by atoms with Crippen LogP contribution in [0.15, 0.2) is 170 Å². The highest BCUT2D eigenvalue weighted by molar-refractivity contribution is 6.12. The summed E-state index contributed by atoms with van der Waals surface area (Å²) in [5.41, 5.74) is 7.71. The summed E-state index contributed by atoms with van der Waals surface area (Å²) in [6.07, 6.45) is -4.46. The van der Waals surface area contributed by atoms with E-state index >= 15 is 0 Å². The van der Waals surface area contributed by atoms with Crippen LogP contribution in [-0.4, -0.2) is 24.1 Å². The number of alkyl halides is 3. The van der Waals surface area contributed by atoms with E-state index in [4.69, 9.17) is 15.0 Å². The summed E-state index contributed by atoms with van der Waals surface area (Å²) in [6, 6.07) is 54.5. The molecule has 0 amide bonds. The lowest BCUT2D eigenvalue weighted by molar-refractivity contribution is -0.137. The maximum absolute atomic E-state index is 13.5. The monoisotopic (exact) mass is 707 g/mol. The van der Waals surface area contributed by atoms with E-state index in [0.717, 1.165) is 72.7 Å². The fourth-order valence-corrected chi connectivity index (χ4v) is 7.49. The highest BCUT2D eigenvalue weighted by Gasteiger charge is 2.30. The highest BCUT2D eigenvalue weighted by Crippen LogP contribution is 2.38. The van der Waals surface area contributed by atoms with Crippen LogP contribution in [-0.2, 0) is 6.18 Å². The second kappa shape index (κ2) is 12.3. The first-order chi connectivity index (χ1) is 26.4. The summed E-state index contributed by atoms with van der Waals surface area (Å²) in [6.45, 7) is 0. The van der Waals surface area contributed by atoms with Crippen molar-refractivity contribution in [3.05, 3.63) is 175 Å². The average molecular weight is 708 g/mol. The molecule has 10 aromatic rings. The predicted molar refractivity (Wildman–Crippen MR) is 210 cm³/mol. The van der Waals surface area contributed by atoms with Crippen LogP contribution in [0.4, 0.5) is 13.2 Å². The minimum Gasteiger partial charge on any atom is -0.309 e. The smallest absolute Gasteiger partial charge is 0.309 e. The zero-order chi connectivity index (χ0) is 36.4. The van der Waals surface area contributed by atoms with Crippen LogP contribution in [0.3, 0.4) is 0 Å². The van der Waals surface area contributed by atoms with E-state index < -0.39 is 11.7 Å². The molecule has 8 heteroatoms. The van der Waals surface area contributed by atoms with E-state index in [9.17, 15) is 13.2 Å². The molecule has 0 aliphatic carbocycles. The molecule has 0 atom stereocenters. The van der Waals surface area contributed by atoms with Crippen LogP contribution in [0.25, 0.3) is 89.2 Å². The minimum atomic E-state index is -4.46. The van der Waals surface area contributed by atoms with Gasteiger partial charge in [0.25, 0.3) is 0 Å². The van der Waals surface area contributed by atoms with Crippen LogP contribution in [0.2, 0.25) is 0 Å².